The Morgan fingerprint density at radius 2 is 2.27 bits per heavy atom. The highest BCUT2D eigenvalue weighted by Crippen LogP contribution is 1.92. The van der Waals surface area contributed by atoms with Crippen LogP contribution in [0.25, 0.3) is 0 Å². The standard InChI is InChI=1S/C8H8N2O5/c11-6-3-5(1-2-9-6)8(14)10-15-4-7(12)13/h1-3H,4H2,(H,9,11)(H,10,14)(H,12,13). The summed E-state index contributed by atoms with van der Waals surface area (Å²) in [6.45, 7) is -0.644. The lowest BCUT2D eigenvalue weighted by molar-refractivity contribution is -0.144. The Balaban J connectivity index is 2.54. The van der Waals surface area contributed by atoms with Gasteiger partial charge in [-0.1, -0.05) is 0 Å². The fourth-order valence-corrected chi connectivity index (χ4v) is 0.808. The van der Waals surface area contributed by atoms with Crippen molar-refractivity contribution in [2.75, 3.05) is 6.61 Å². The van der Waals surface area contributed by atoms with Crippen molar-refractivity contribution in [3.05, 3.63) is 34.2 Å². The van der Waals surface area contributed by atoms with Crippen molar-refractivity contribution in [1.29, 1.82) is 0 Å². The molecule has 0 spiro atoms. The zero-order valence-corrected chi connectivity index (χ0v) is 7.52. The third-order valence-corrected chi connectivity index (χ3v) is 1.40. The van der Waals surface area contributed by atoms with E-state index in [-0.39, 0.29) is 5.56 Å². The van der Waals surface area contributed by atoms with Crippen LogP contribution in [0, 0.1) is 0 Å². The summed E-state index contributed by atoms with van der Waals surface area (Å²) in [5.74, 6) is -1.89. The zero-order valence-electron chi connectivity index (χ0n) is 7.52. The fraction of sp³-hybridized carbons (Fsp3) is 0.125. The average Bonchev–Trinajstić information content (AvgIpc) is 2.17. The van der Waals surface area contributed by atoms with Crippen molar-refractivity contribution >= 4 is 11.9 Å². The van der Waals surface area contributed by atoms with Gasteiger partial charge >= 0.3 is 5.97 Å². The van der Waals surface area contributed by atoms with Crippen molar-refractivity contribution in [2.45, 2.75) is 0 Å². The van der Waals surface area contributed by atoms with E-state index >= 15 is 0 Å². The molecule has 0 aromatic carbocycles. The van der Waals surface area contributed by atoms with Gasteiger partial charge in [-0.2, -0.15) is 0 Å². The number of carboxylic acid groups (broad SMARTS) is 1. The molecule has 0 aliphatic carbocycles. The smallest absolute Gasteiger partial charge is 0.332 e. The normalized spacial score (nSPS) is 9.60. The predicted molar refractivity (Wildman–Crippen MR) is 48.1 cm³/mol. The van der Waals surface area contributed by atoms with Crippen molar-refractivity contribution in [2.24, 2.45) is 0 Å². The number of pyridine rings is 1. The number of aliphatic carboxylic acids is 1. The zero-order chi connectivity index (χ0) is 11.3. The molecule has 15 heavy (non-hydrogen) atoms. The summed E-state index contributed by atoms with van der Waals surface area (Å²) < 4.78 is 0. The second kappa shape index (κ2) is 4.91. The lowest BCUT2D eigenvalue weighted by atomic mass is 10.2. The first-order valence-electron chi connectivity index (χ1n) is 3.92. The molecule has 0 fully saturated rings. The topological polar surface area (TPSA) is 108 Å². The van der Waals surface area contributed by atoms with Crippen LogP contribution in [-0.2, 0) is 9.63 Å². The van der Waals surface area contributed by atoms with Gasteiger partial charge in [0.15, 0.2) is 6.61 Å². The summed E-state index contributed by atoms with van der Waals surface area (Å²) in [5.41, 5.74) is 1.54. The molecule has 1 amide bonds. The number of carbonyl (C=O) groups excluding carboxylic acids is 1. The maximum absolute atomic E-state index is 11.2. The number of aromatic amines is 1. The van der Waals surface area contributed by atoms with Crippen LogP contribution in [0.5, 0.6) is 0 Å². The van der Waals surface area contributed by atoms with Crippen LogP contribution in [0.2, 0.25) is 0 Å². The van der Waals surface area contributed by atoms with Crippen molar-refractivity contribution in [3.63, 3.8) is 0 Å². The molecule has 1 heterocycles. The number of nitrogens with one attached hydrogen (secondary N) is 2. The summed E-state index contributed by atoms with van der Waals surface area (Å²) in [5, 5.41) is 8.21. The average molecular weight is 212 g/mol. The minimum absolute atomic E-state index is 0.0872. The van der Waals surface area contributed by atoms with Gasteiger partial charge in [0.25, 0.3) is 5.91 Å². The first-order valence-corrected chi connectivity index (χ1v) is 3.92. The summed E-state index contributed by atoms with van der Waals surface area (Å²) in [6.07, 6.45) is 1.30. The van der Waals surface area contributed by atoms with Gasteiger partial charge in [0.2, 0.25) is 5.56 Å². The second-order valence-electron chi connectivity index (χ2n) is 2.56. The maximum Gasteiger partial charge on any atom is 0.332 e. The van der Waals surface area contributed by atoms with E-state index in [9.17, 15) is 14.4 Å². The van der Waals surface area contributed by atoms with E-state index in [0.717, 1.165) is 6.07 Å². The third-order valence-electron chi connectivity index (χ3n) is 1.40. The van der Waals surface area contributed by atoms with Crippen molar-refractivity contribution < 1.29 is 19.5 Å². The number of H-pyrrole nitrogens is 1. The van der Waals surface area contributed by atoms with Gasteiger partial charge in [0.05, 0.1) is 0 Å². The van der Waals surface area contributed by atoms with Gasteiger partial charge < -0.3 is 10.1 Å². The minimum atomic E-state index is -1.21. The monoisotopic (exact) mass is 212 g/mol. The Hall–Kier alpha value is -2.15. The highest BCUT2D eigenvalue weighted by atomic mass is 16.7. The molecule has 0 atom stereocenters. The quantitative estimate of drug-likeness (QED) is 0.561. The molecule has 1 aromatic rings. The van der Waals surface area contributed by atoms with E-state index in [1.165, 1.54) is 12.3 Å². The molecular weight excluding hydrogens is 204 g/mol. The molecule has 0 radical (unpaired) electrons. The number of carbonyl (C=O) groups is 2. The van der Waals surface area contributed by atoms with Gasteiger partial charge in [-0.3, -0.25) is 14.4 Å². The largest absolute Gasteiger partial charge is 0.479 e. The molecule has 7 heteroatoms. The van der Waals surface area contributed by atoms with Gasteiger partial charge in [0, 0.05) is 17.8 Å². The summed E-state index contributed by atoms with van der Waals surface area (Å²) in [4.78, 5) is 38.7. The van der Waals surface area contributed by atoms with Crippen molar-refractivity contribution in [3.8, 4) is 0 Å². The number of hydrogen-bond acceptors (Lipinski definition) is 4. The van der Waals surface area contributed by atoms with Crippen molar-refractivity contribution in [1.82, 2.24) is 10.5 Å². The molecule has 7 nitrogen and oxygen atoms in total. The van der Waals surface area contributed by atoms with Crippen LogP contribution in [0.4, 0.5) is 0 Å². The Bertz CT molecular complexity index is 425. The SMILES string of the molecule is O=C(O)CONC(=O)c1cc[nH]c(=O)c1. The van der Waals surface area contributed by atoms with Crippen LogP contribution in [0.3, 0.4) is 0 Å². The van der Waals surface area contributed by atoms with Crippen LogP contribution in [-0.4, -0.2) is 28.6 Å². The van der Waals surface area contributed by atoms with Crippen LogP contribution < -0.4 is 11.0 Å². The van der Waals surface area contributed by atoms with Crippen LogP contribution in [0.1, 0.15) is 10.4 Å². The summed E-state index contributed by atoms with van der Waals surface area (Å²) in [6, 6.07) is 2.43. The Kier molecular flexibility index (Phi) is 3.58. The Morgan fingerprint density at radius 1 is 1.53 bits per heavy atom. The van der Waals surface area contributed by atoms with Gasteiger partial charge in [-0.05, 0) is 6.07 Å². The first kappa shape index (κ1) is 10.9. The molecule has 0 saturated carbocycles. The van der Waals surface area contributed by atoms with E-state index < -0.39 is 24.0 Å². The molecule has 0 aliphatic rings. The Morgan fingerprint density at radius 3 is 2.87 bits per heavy atom. The summed E-state index contributed by atoms with van der Waals surface area (Å²) >= 11 is 0. The molecule has 3 N–H and O–H groups in total. The van der Waals surface area contributed by atoms with E-state index in [0.29, 0.717) is 0 Å². The molecule has 0 unspecified atom stereocenters. The fourth-order valence-electron chi connectivity index (χ4n) is 0.808. The van der Waals surface area contributed by atoms with Crippen LogP contribution >= 0.6 is 0 Å². The molecular formula is C8H8N2O5. The second-order valence-corrected chi connectivity index (χ2v) is 2.56. The number of aromatic nitrogens is 1. The highest BCUT2D eigenvalue weighted by Gasteiger charge is 2.06. The molecule has 0 aliphatic heterocycles. The Labute approximate surface area is 83.6 Å². The van der Waals surface area contributed by atoms with E-state index in [4.69, 9.17) is 5.11 Å². The van der Waals surface area contributed by atoms with Crippen LogP contribution in [0.15, 0.2) is 23.1 Å². The third kappa shape index (κ3) is 3.61. The molecule has 1 aromatic heterocycles. The van der Waals surface area contributed by atoms with Gasteiger partial charge in [-0.25, -0.2) is 10.3 Å². The van der Waals surface area contributed by atoms with E-state index in [2.05, 4.69) is 9.82 Å². The van der Waals surface area contributed by atoms with Gasteiger partial charge in [-0.15, -0.1) is 0 Å². The predicted octanol–water partition coefficient (Wildman–Crippen LogP) is -0.879. The number of hydroxylamine groups is 1. The molecule has 0 bridgehead atoms. The van der Waals surface area contributed by atoms with E-state index in [1.807, 2.05) is 5.48 Å². The number of rotatable bonds is 4. The number of hydrogen-bond donors (Lipinski definition) is 3. The van der Waals surface area contributed by atoms with E-state index in [1.54, 1.807) is 0 Å². The summed E-state index contributed by atoms with van der Waals surface area (Å²) in [7, 11) is 0. The first-order chi connectivity index (χ1) is 7.09. The number of carboxylic acids is 1. The minimum Gasteiger partial charge on any atom is -0.479 e. The molecule has 0 saturated heterocycles. The number of amides is 1. The maximum atomic E-state index is 11.2. The lowest BCUT2D eigenvalue weighted by Gasteiger charge is -2.02. The lowest BCUT2D eigenvalue weighted by Crippen LogP contribution is -2.27. The molecule has 1 rings (SSSR count). The highest BCUT2D eigenvalue weighted by molar-refractivity contribution is 5.93. The molecule has 80 valence electrons. The van der Waals surface area contributed by atoms with Gasteiger partial charge in [0.1, 0.15) is 0 Å².